The average Bonchev–Trinajstić information content (AvgIpc) is 2.82. The first-order valence-electron chi connectivity index (χ1n) is 8.71. The van der Waals surface area contributed by atoms with Gasteiger partial charge >= 0.3 is 22.6 Å². The first-order valence-corrected chi connectivity index (χ1v) is 12.1. The summed E-state index contributed by atoms with van der Waals surface area (Å²) in [5, 5.41) is 9.97. The molecule has 170 valence electrons. The largest absolute Gasteiger partial charge is 0.532 e. The monoisotopic (exact) mass is 474 g/mol. The summed E-state index contributed by atoms with van der Waals surface area (Å²) in [6, 6.07) is 2.12. The van der Waals surface area contributed by atoms with Crippen LogP contribution in [0.15, 0.2) is 24.3 Å². The zero-order valence-corrected chi connectivity index (χ0v) is 18.3. The third-order valence-corrected chi connectivity index (χ3v) is 8.18. The van der Waals surface area contributed by atoms with Gasteiger partial charge in [0.05, 0.1) is 17.2 Å². The first-order chi connectivity index (χ1) is 13.3. The maximum Gasteiger partial charge on any atom is 0.532 e. The van der Waals surface area contributed by atoms with Crippen LogP contribution in [0.1, 0.15) is 37.8 Å². The van der Waals surface area contributed by atoms with Gasteiger partial charge in [-0.25, -0.2) is 12.6 Å². The average molecular weight is 474 g/mol. The van der Waals surface area contributed by atoms with E-state index >= 15 is 0 Å². The Morgan fingerprint density at radius 3 is 2.10 bits per heavy atom. The van der Waals surface area contributed by atoms with Gasteiger partial charge in [0.15, 0.2) is 0 Å². The van der Waals surface area contributed by atoms with Crippen LogP contribution in [-0.4, -0.2) is 62.1 Å². The smallest absolute Gasteiger partial charge is 0.434 e. The van der Waals surface area contributed by atoms with Crippen molar-refractivity contribution in [2.24, 2.45) is 0 Å². The van der Waals surface area contributed by atoms with Gasteiger partial charge in [-0.3, -0.25) is 0 Å². The van der Waals surface area contributed by atoms with E-state index in [2.05, 4.69) is 0 Å². The highest BCUT2D eigenvalue weighted by Gasteiger charge is 2.70. The molecule has 1 amide bonds. The van der Waals surface area contributed by atoms with Crippen molar-refractivity contribution < 1.29 is 48.0 Å². The zero-order valence-electron chi connectivity index (χ0n) is 16.7. The second-order valence-electron chi connectivity index (χ2n) is 8.21. The minimum atomic E-state index is -4.73. The Balaban J connectivity index is 2.74. The third kappa shape index (κ3) is 4.20. The Labute approximate surface area is 173 Å². The lowest BCUT2D eigenvalue weighted by atomic mass is 9.89. The van der Waals surface area contributed by atoms with Crippen LogP contribution in [0.3, 0.4) is 0 Å². The number of sulfone groups is 1. The predicted molar refractivity (Wildman–Crippen MR) is 101 cm³/mol. The Bertz CT molecular complexity index is 1030. The van der Waals surface area contributed by atoms with Crippen LogP contribution in [-0.2, 0) is 30.5 Å². The van der Waals surface area contributed by atoms with Gasteiger partial charge in [-0.1, -0.05) is 16.0 Å². The fraction of sp³-hybridized carbons (Fsp3) is 0.588. The van der Waals surface area contributed by atoms with Crippen molar-refractivity contribution in [2.75, 3.05) is 18.6 Å². The summed E-state index contributed by atoms with van der Waals surface area (Å²) in [4.78, 5) is 12.3. The lowest BCUT2D eigenvalue weighted by Gasteiger charge is -2.42. The molecule has 1 fully saturated rings. The molecule has 3 atom stereocenters. The second-order valence-corrected chi connectivity index (χ2v) is 12.1. The van der Waals surface area contributed by atoms with Crippen LogP contribution in [0, 0.1) is 0 Å². The van der Waals surface area contributed by atoms with E-state index < -0.39 is 71.7 Å². The number of nitrogens with zero attached hydrogens (tertiary/aromatic N) is 1. The van der Waals surface area contributed by atoms with E-state index in [1.807, 2.05) is 0 Å². The fourth-order valence-electron chi connectivity index (χ4n) is 3.91. The van der Waals surface area contributed by atoms with E-state index in [4.69, 9.17) is 4.18 Å². The van der Waals surface area contributed by atoms with E-state index in [9.17, 15) is 39.9 Å². The molecule has 0 saturated carbocycles. The Morgan fingerprint density at radius 1 is 1.23 bits per heavy atom. The highest BCUT2D eigenvalue weighted by molar-refractivity contribution is 7.90. The molecule has 0 radical (unpaired) electrons. The van der Waals surface area contributed by atoms with Gasteiger partial charge < -0.3 is 5.11 Å². The summed E-state index contributed by atoms with van der Waals surface area (Å²) >= 11 is 0. The van der Waals surface area contributed by atoms with Crippen molar-refractivity contribution in [2.45, 2.75) is 44.4 Å². The van der Waals surface area contributed by atoms with Crippen molar-refractivity contribution in [3.05, 3.63) is 35.4 Å². The highest BCUT2D eigenvalue weighted by Crippen LogP contribution is 2.45. The summed E-state index contributed by atoms with van der Waals surface area (Å²) in [5.41, 5.74) is -2.39. The molecule has 0 bridgehead atoms. The SMILES string of the molecule is CC(C)(C)[N+]1(C(=O)O)[C@@H]([C@@H](CS(C)(=O)=O)c2ccc(C(F)(F)F)cc2)COS1(=O)=O. The molecule has 13 heteroatoms. The van der Waals surface area contributed by atoms with Gasteiger partial charge in [0.2, 0.25) is 0 Å². The van der Waals surface area contributed by atoms with E-state index in [0.717, 1.165) is 30.5 Å². The predicted octanol–water partition coefficient (Wildman–Crippen LogP) is 2.77. The zero-order chi connectivity index (χ0) is 23.3. The molecule has 0 spiro atoms. The van der Waals surface area contributed by atoms with Crippen molar-refractivity contribution in [3.8, 4) is 0 Å². The Hall–Kier alpha value is -1.70. The van der Waals surface area contributed by atoms with Crippen LogP contribution in [0.2, 0.25) is 0 Å². The van der Waals surface area contributed by atoms with Gasteiger partial charge in [-0.05, 0) is 38.5 Å². The first kappa shape index (κ1) is 24.6. The molecular weight excluding hydrogens is 451 g/mol. The van der Waals surface area contributed by atoms with Crippen molar-refractivity contribution in [3.63, 3.8) is 0 Å². The molecule has 2 rings (SSSR count). The van der Waals surface area contributed by atoms with Gasteiger partial charge in [-0.15, -0.1) is 8.42 Å². The normalized spacial score (nSPS) is 25.8. The number of rotatable bonds is 4. The molecule has 1 aliphatic heterocycles. The minimum Gasteiger partial charge on any atom is -0.434 e. The van der Waals surface area contributed by atoms with Gasteiger partial charge in [0.1, 0.15) is 28.0 Å². The molecule has 1 aromatic carbocycles. The number of halogens is 3. The molecule has 30 heavy (non-hydrogen) atoms. The highest BCUT2D eigenvalue weighted by atomic mass is 32.2. The topological polar surface area (TPSA) is 115 Å². The maximum atomic E-state index is 12.9. The van der Waals surface area contributed by atoms with Crippen molar-refractivity contribution in [1.82, 2.24) is 0 Å². The number of carbonyl (C=O) groups is 1. The van der Waals surface area contributed by atoms with Gasteiger partial charge in [-0.2, -0.15) is 18.0 Å². The molecule has 1 heterocycles. The fourth-order valence-corrected chi connectivity index (χ4v) is 6.86. The molecule has 1 N–H and O–H groups in total. The minimum absolute atomic E-state index is 0.0622. The summed E-state index contributed by atoms with van der Waals surface area (Å²) in [6.45, 7) is 3.42. The number of quaternary nitrogens is 1. The van der Waals surface area contributed by atoms with Crippen LogP contribution >= 0.6 is 0 Å². The third-order valence-electron chi connectivity index (χ3n) is 5.10. The Morgan fingerprint density at radius 2 is 1.73 bits per heavy atom. The van der Waals surface area contributed by atoms with Gasteiger partial charge in [0.25, 0.3) is 0 Å². The number of benzene rings is 1. The summed E-state index contributed by atoms with van der Waals surface area (Å²) in [6.07, 6.45) is -5.52. The standard InChI is InChI=1S/C17H22F3NO7S2/c1-16(2,3)21(15(22)23)14(9-28-30(21,26)27)13(10-29(4,24)25)11-5-7-12(8-6-11)17(18,19)20/h5-8,13-14H,9-10H2,1-4H3/p+1/t13-,14+,21?/m0/s1. The number of hydrogen-bond acceptors (Lipinski definition) is 6. The second kappa shape index (κ2) is 7.46. The van der Waals surface area contributed by atoms with Crippen LogP contribution in [0.5, 0.6) is 0 Å². The summed E-state index contributed by atoms with van der Waals surface area (Å²) in [7, 11) is -8.51. The van der Waals surface area contributed by atoms with E-state index in [1.165, 1.54) is 20.8 Å². The van der Waals surface area contributed by atoms with Crippen molar-refractivity contribution in [1.29, 1.82) is 0 Å². The number of alkyl halides is 3. The van der Waals surface area contributed by atoms with Crippen LogP contribution in [0.25, 0.3) is 0 Å². The Kier molecular flexibility index (Phi) is 6.11. The number of amides is 1. The summed E-state index contributed by atoms with van der Waals surface area (Å²) < 4.78 is 91.6. The lowest BCUT2D eigenvalue weighted by molar-refractivity contribution is -0.805. The van der Waals surface area contributed by atoms with E-state index in [0.29, 0.717) is 0 Å². The lowest BCUT2D eigenvalue weighted by Crippen LogP contribution is -2.69. The van der Waals surface area contributed by atoms with Gasteiger partial charge in [0, 0.05) is 6.26 Å². The molecule has 0 aromatic heterocycles. The van der Waals surface area contributed by atoms with Crippen LogP contribution < -0.4 is 0 Å². The number of hydrogen-bond donors (Lipinski definition) is 1. The number of carboxylic acid groups (broad SMARTS) is 1. The quantitative estimate of drug-likeness (QED) is 0.668. The molecule has 1 saturated heterocycles. The molecule has 1 aliphatic rings. The van der Waals surface area contributed by atoms with E-state index in [-0.39, 0.29) is 5.56 Å². The molecule has 1 aromatic rings. The van der Waals surface area contributed by atoms with E-state index in [1.54, 1.807) is 0 Å². The summed E-state index contributed by atoms with van der Waals surface area (Å²) in [5.74, 6) is -1.93. The molecule has 1 unspecified atom stereocenters. The molecular formula is C17H23F3NO7S2+. The molecule has 8 nitrogen and oxygen atoms in total. The molecule has 0 aliphatic carbocycles. The maximum absolute atomic E-state index is 12.9. The van der Waals surface area contributed by atoms with Crippen molar-refractivity contribution >= 4 is 26.2 Å². The van der Waals surface area contributed by atoms with Crippen LogP contribution in [0.4, 0.5) is 18.0 Å².